The first-order valence-corrected chi connectivity index (χ1v) is 7.39. The zero-order valence-electron chi connectivity index (χ0n) is 9.45. The summed E-state index contributed by atoms with van der Waals surface area (Å²) in [6.07, 6.45) is 0. The van der Waals surface area contributed by atoms with E-state index >= 15 is 0 Å². The normalized spacial score (nSPS) is 23.2. The Hall–Kier alpha value is -0.310. The second-order valence-corrected chi connectivity index (χ2v) is 6.80. The molecule has 0 bridgehead atoms. The van der Waals surface area contributed by atoms with E-state index < -0.39 is 22.2 Å². The van der Waals surface area contributed by atoms with E-state index in [2.05, 4.69) is 0 Å². The molecule has 1 fully saturated rings. The third-order valence-electron chi connectivity index (χ3n) is 2.51. The summed E-state index contributed by atoms with van der Waals surface area (Å²) in [6.45, 7) is 3.49. The maximum atomic E-state index is 12.1. The molecule has 1 heterocycles. The summed E-state index contributed by atoms with van der Waals surface area (Å²) in [5.74, 6) is -0.581. The number of hydrogen-bond acceptors (Lipinski definition) is 4. The molecule has 1 N–H and O–H groups in total. The van der Waals surface area contributed by atoms with Crippen molar-refractivity contribution >= 4 is 27.9 Å². The van der Waals surface area contributed by atoms with Gasteiger partial charge in [-0.2, -0.15) is 17.0 Å². The SMILES string of the molecule is CC(C)N(C)S(=O)(=O)N1CSC[C@H]1C(=O)O. The highest BCUT2D eigenvalue weighted by atomic mass is 32.2. The van der Waals surface area contributed by atoms with E-state index in [1.54, 1.807) is 13.8 Å². The van der Waals surface area contributed by atoms with E-state index in [0.717, 1.165) is 4.31 Å². The molecule has 0 unspecified atom stereocenters. The van der Waals surface area contributed by atoms with E-state index in [1.807, 2.05) is 0 Å². The minimum absolute atomic E-state index is 0.190. The molecule has 1 aliphatic rings. The van der Waals surface area contributed by atoms with Gasteiger partial charge in [0.05, 0.1) is 5.88 Å². The average molecular weight is 268 g/mol. The third kappa shape index (κ3) is 2.50. The van der Waals surface area contributed by atoms with Crippen molar-refractivity contribution in [3.05, 3.63) is 0 Å². The highest BCUT2D eigenvalue weighted by Gasteiger charge is 2.41. The van der Waals surface area contributed by atoms with Crippen LogP contribution in [0, 0.1) is 0 Å². The van der Waals surface area contributed by atoms with Gasteiger partial charge in [-0.05, 0) is 13.8 Å². The molecule has 0 aromatic heterocycles. The van der Waals surface area contributed by atoms with Crippen LogP contribution in [0.4, 0.5) is 0 Å². The Morgan fingerprint density at radius 2 is 2.12 bits per heavy atom. The minimum Gasteiger partial charge on any atom is -0.480 e. The lowest BCUT2D eigenvalue weighted by Gasteiger charge is -2.28. The summed E-state index contributed by atoms with van der Waals surface area (Å²) in [5, 5.41) is 8.93. The molecule has 0 radical (unpaired) electrons. The van der Waals surface area contributed by atoms with Gasteiger partial charge in [-0.3, -0.25) is 4.79 Å². The van der Waals surface area contributed by atoms with Gasteiger partial charge in [0.1, 0.15) is 6.04 Å². The number of carbonyl (C=O) groups is 1. The number of nitrogens with zero attached hydrogens (tertiary/aromatic N) is 2. The Kier molecular flexibility index (Phi) is 4.22. The fraction of sp³-hybridized carbons (Fsp3) is 0.875. The highest BCUT2D eigenvalue weighted by molar-refractivity contribution is 8.00. The Labute approximate surface area is 99.8 Å². The van der Waals surface area contributed by atoms with Crippen molar-refractivity contribution in [3.8, 4) is 0 Å². The molecule has 16 heavy (non-hydrogen) atoms. The monoisotopic (exact) mass is 268 g/mol. The van der Waals surface area contributed by atoms with Crippen molar-refractivity contribution in [1.82, 2.24) is 8.61 Å². The van der Waals surface area contributed by atoms with Crippen molar-refractivity contribution in [2.45, 2.75) is 25.9 Å². The molecule has 0 amide bonds. The lowest BCUT2D eigenvalue weighted by atomic mass is 10.4. The van der Waals surface area contributed by atoms with Gasteiger partial charge >= 0.3 is 5.97 Å². The average Bonchev–Trinajstić information content (AvgIpc) is 2.65. The third-order valence-corrected chi connectivity index (χ3v) is 5.82. The number of carboxylic acid groups (broad SMARTS) is 1. The zero-order valence-corrected chi connectivity index (χ0v) is 11.1. The molecule has 6 nitrogen and oxygen atoms in total. The van der Waals surface area contributed by atoms with Crippen LogP contribution < -0.4 is 0 Å². The molecular weight excluding hydrogens is 252 g/mol. The fourth-order valence-electron chi connectivity index (χ4n) is 1.28. The standard InChI is InChI=1S/C8H16N2O4S2/c1-6(2)9(3)16(13,14)10-5-15-4-7(10)8(11)12/h6-7H,4-5H2,1-3H3,(H,11,12)/t7-/m0/s1. The first kappa shape index (κ1) is 13.8. The molecule has 8 heteroatoms. The highest BCUT2D eigenvalue weighted by Crippen LogP contribution is 2.26. The number of aliphatic carboxylic acids is 1. The van der Waals surface area contributed by atoms with Crippen LogP contribution in [0.3, 0.4) is 0 Å². The van der Waals surface area contributed by atoms with Crippen LogP contribution in [0.25, 0.3) is 0 Å². The topological polar surface area (TPSA) is 77.9 Å². The Morgan fingerprint density at radius 3 is 2.56 bits per heavy atom. The van der Waals surface area contributed by atoms with Gasteiger partial charge in [0.2, 0.25) is 0 Å². The van der Waals surface area contributed by atoms with Gasteiger partial charge in [-0.15, -0.1) is 11.8 Å². The largest absolute Gasteiger partial charge is 0.480 e. The second-order valence-electron chi connectivity index (χ2n) is 3.86. The quantitative estimate of drug-likeness (QED) is 0.778. The molecule has 0 saturated carbocycles. The van der Waals surface area contributed by atoms with Gasteiger partial charge in [0, 0.05) is 18.8 Å². The first-order valence-electron chi connectivity index (χ1n) is 4.84. The summed E-state index contributed by atoms with van der Waals surface area (Å²) < 4.78 is 26.4. The van der Waals surface area contributed by atoms with Crippen LogP contribution in [0.15, 0.2) is 0 Å². The maximum absolute atomic E-state index is 12.1. The molecule has 1 atom stereocenters. The summed E-state index contributed by atoms with van der Waals surface area (Å²) in [6, 6.07) is -1.14. The predicted octanol–water partition coefficient (Wildman–Crippen LogP) is 0.0309. The van der Waals surface area contributed by atoms with Gasteiger partial charge in [-0.25, -0.2) is 0 Å². The van der Waals surface area contributed by atoms with Gasteiger partial charge < -0.3 is 5.11 Å². The Morgan fingerprint density at radius 1 is 1.56 bits per heavy atom. The molecule has 0 spiro atoms. The van der Waals surface area contributed by atoms with Crippen LogP contribution in [0.5, 0.6) is 0 Å². The summed E-state index contributed by atoms with van der Waals surface area (Å²) in [4.78, 5) is 10.9. The summed E-state index contributed by atoms with van der Waals surface area (Å²) >= 11 is 1.31. The van der Waals surface area contributed by atoms with Crippen molar-refractivity contribution < 1.29 is 18.3 Å². The summed E-state index contributed by atoms with van der Waals surface area (Å²) in [5.41, 5.74) is 0. The Balaban J connectivity index is 2.95. The number of thioether (sulfide) groups is 1. The molecule has 0 aromatic rings. The van der Waals surface area contributed by atoms with E-state index in [0.29, 0.717) is 5.75 Å². The van der Waals surface area contributed by atoms with Crippen LogP contribution in [0.1, 0.15) is 13.8 Å². The molecule has 0 aliphatic carbocycles. The van der Waals surface area contributed by atoms with E-state index in [1.165, 1.54) is 23.1 Å². The fourth-order valence-corrected chi connectivity index (χ4v) is 4.49. The predicted molar refractivity (Wildman–Crippen MR) is 62.4 cm³/mol. The van der Waals surface area contributed by atoms with Crippen molar-refractivity contribution in [3.63, 3.8) is 0 Å². The van der Waals surface area contributed by atoms with Crippen molar-refractivity contribution in [2.75, 3.05) is 18.7 Å². The summed E-state index contributed by atoms with van der Waals surface area (Å²) in [7, 11) is -2.21. The van der Waals surface area contributed by atoms with Crippen LogP contribution in [-0.2, 0) is 15.0 Å². The number of hydrogen-bond donors (Lipinski definition) is 1. The maximum Gasteiger partial charge on any atom is 0.322 e. The number of rotatable bonds is 4. The van der Waals surface area contributed by atoms with Gasteiger partial charge in [0.25, 0.3) is 10.2 Å². The smallest absolute Gasteiger partial charge is 0.322 e. The van der Waals surface area contributed by atoms with Crippen LogP contribution >= 0.6 is 11.8 Å². The van der Waals surface area contributed by atoms with Gasteiger partial charge in [0.15, 0.2) is 0 Å². The molecule has 1 saturated heterocycles. The molecule has 1 aliphatic heterocycles. The van der Waals surface area contributed by atoms with Crippen LogP contribution in [0.2, 0.25) is 0 Å². The molecule has 1 rings (SSSR count). The van der Waals surface area contributed by atoms with E-state index in [9.17, 15) is 13.2 Å². The van der Waals surface area contributed by atoms with Crippen molar-refractivity contribution in [1.29, 1.82) is 0 Å². The lowest BCUT2D eigenvalue weighted by Crippen LogP contribution is -2.49. The lowest BCUT2D eigenvalue weighted by molar-refractivity contribution is -0.140. The van der Waals surface area contributed by atoms with E-state index in [4.69, 9.17) is 5.11 Å². The molecular formula is C8H16N2O4S2. The molecule has 0 aromatic carbocycles. The van der Waals surface area contributed by atoms with Crippen LogP contribution in [-0.4, -0.2) is 58.9 Å². The zero-order chi connectivity index (χ0) is 12.5. The number of carboxylic acids is 1. The minimum atomic E-state index is -3.67. The first-order chi connectivity index (χ1) is 7.28. The van der Waals surface area contributed by atoms with E-state index in [-0.39, 0.29) is 11.9 Å². The second kappa shape index (κ2) is 4.91. The van der Waals surface area contributed by atoms with Crippen molar-refractivity contribution in [2.24, 2.45) is 0 Å². The molecule has 94 valence electrons. The van der Waals surface area contributed by atoms with Gasteiger partial charge in [-0.1, -0.05) is 0 Å². The Bertz CT molecular complexity index is 368.